The average molecular weight is 311 g/mol. The summed E-state index contributed by atoms with van der Waals surface area (Å²) in [5.74, 6) is 0.158. The van der Waals surface area contributed by atoms with Crippen molar-refractivity contribution in [3.8, 4) is 0 Å². The molecule has 0 aromatic carbocycles. The van der Waals surface area contributed by atoms with E-state index in [0.717, 1.165) is 16.0 Å². The van der Waals surface area contributed by atoms with Crippen LogP contribution in [-0.4, -0.2) is 10.9 Å². The van der Waals surface area contributed by atoms with E-state index in [1.165, 1.54) is 0 Å². The van der Waals surface area contributed by atoms with Crippen LogP contribution in [0, 0.1) is 23.7 Å². The maximum atomic E-state index is 12.3. The highest BCUT2D eigenvalue weighted by molar-refractivity contribution is 9.10. The third-order valence-corrected chi connectivity index (χ3v) is 5.03. The topological polar surface area (TPSA) is 42.0 Å². The van der Waals surface area contributed by atoms with Gasteiger partial charge in [-0.25, -0.2) is 4.98 Å². The highest BCUT2D eigenvalue weighted by atomic mass is 79.9. The summed E-state index contributed by atoms with van der Waals surface area (Å²) >= 11 is 3.32. The molecule has 0 saturated heterocycles. The number of carbonyl (C=O) groups is 1. The average Bonchev–Trinajstić information content (AvgIpc) is 2.62. The number of nitrogens with one attached hydrogen (secondary N) is 1. The predicted octanol–water partition coefficient (Wildman–Crippen LogP) is 3.77. The van der Waals surface area contributed by atoms with Gasteiger partial charge in [0.1, 0.15) is 4.60 Å². The molecule has 1 aromatic heterocycles. The fourth-order valence-corrected chi connectivity index (χ4v) is 3.12. The minimum Gasteiger partial charge on any atom is -0.324 e. The number of aromatic nitrogens is 1. The van der Waals surface area contributed by atoms with Gasteiger partial charge in [-0.05, 0) is 45.8 Å². The van der Waals surface area contributed by atoms with Crippen molar-refractivity contribution in [1.82, 2.24) is 4.98 Å². The molecule has 0 unspecified atom stereocenters. The molecule has 2 rings (SSSR count). The third-order valence-electron chi connectivity index (χ3n) is 4.59. The molecule has 1 heterocycles. The second kappa shape index (κ2) is 4.05. The first kappa shape index (κ1) is 13.5. The van der Waals surface area contributed by atoms with Crippen LogP contribution in [0.2, 0.25) is 0 Å². The summed E-state index contributed by atoms with van der Waals surface area (Å²) in [5, 5.41) is 2.99. The van der Waals surface area contributed by atoms with E-state index < -0.39 is 0 Å². The van der Waals surface area contributed by atoms with Gasteiger partial charge < -0.3 is 5.32 Å². The predicted molar refractivity (Wildman–Crippen MR) is 76.4 cm³/mol. The number of nitrogens with zero attached hydrogens (tertiary/aromatic N) is 1. The molecule has 18 heavy (non-hydrogen) atoms. The fraction of sp³-hybridized carbons (Fsp3) is 0.571. The van der Waals surface area contributed by atoms with Crippen LogP contribution in [0.4, 0.5) is 5.69 Å². The van der Waals surface area contributed by atoms with Crippen LogP contribution < -0.4 is 5.32 Å². The van der Waals surface area contributed by atoms with Crippen molar-refractivity contribution >= 4 is 27.5 Å². The number of anilines is 1. The molecule has 4 heteroatoms. The molecule has 98 valence electrons. The van der Waals surface area contributed by atoms with Gasteiger partial charge in [0.25, 0.3) is 0 Å². The quantitative estimate of drug-likeness (QED) is 0.845. The van der Waals surface area contributed by atoms with E-state index >= 15 is 0 Å². The van der Waals surface area contributed by atoms with Crippen molar-refractivity contribution in [3.63, 3.8) is 0 Å². The smallest absolute Gasteiger partial charge is 0.228 e. The van der Waals surface area contributed by atoms with Crippen molar-refractivity contribution in [2.24, 2.45) is 16.7 Å². The molecule has 0 spiro atoms. The van der Waals surface area contributed by atoms with Gasteiger partial charge in [-0.3, -0.25) is 4.79 Å². The Hall–Kier alpha value is -0.900. The van der Waals surface area contributed by atoms with Crippen LogP contribution in [0.5, 0.6) is 0 Å². The molecule has 3 nitrogen and oxygen atoms in total. The lowest BCUT2D eigenvalue weighted by Crippen LogP contribution is -2.18. The van der Waals surface area contributed by atoms with Crippen molar-refractivity contribution in [1.29, 1.82) is 0 Å². The van der Waals surface area contributed by atoms with E-state index in [0.29, 0.717) is 0 Å². The van der Waals surface area contributed by atoms with Crippen molar-refractivity contribution in [2.45, 2.75) is 34.6 Å². The Balaban J connectivity index is 2.14. The summed E-state index contributed by atoms with van der Waals surface area (Å²) in [6.07, 6.45) is 0. The minimum absolute atomic E-state index is 0.0630. The molecular weight excluding hydrogens is 292 g/mol. The second-order valence-corrected chi connectivity index (χ2v) is 6.95. The molecule has 1 aliphatic carbocycles. The zero-order chi connectivity index (χ0) is 13.7. The highest BCUT2D eigenvalue weighted by Crippen LogP contribution is 2.68. The Morgan fingerprint density at radius 2 is 1.83 bits per heavy atom. The van der Waals surface area contributed by atoms with E-state index in [-0.39, 0.29) is 22.7 Å². The number of carbonyl (C=O) groups excluding carboxylic acids is 1. The first-order valence-electron chi connectivity index (χ1n) is 6.12. The first-order valence-corrected chi connectivity index (χ1v) is 6.91. The Morgan fingerprint density at radius 3 is 2.28 bits per heavy atom. The van der Waals surface area contributed by atoms with Crippen LogP contribution in [0.1, 0.15) is 33.4 Å². The Bertz CT molecular complexity index is 495. The lowest BCUT2D eigenvalue weighted by molar-refractivity contribution is -0.118. The van der Waals surface area contributed by atoms with Gasteiger partial charge in [-0.15, -0.1) is 0 Å². The van der Waals surface area contributed by atoms with Gasteiger partial charge in [0.05, 0.1) is 11.4 Å². The molecule has 1 aliphatic rings. The molecular formula is C14H19BrN2O. The Labute approximate surface area is 117 Å². The van der Waals surface area contributed by atoms with E-state index in [9.17, 15) is 4.79 Å². The minimum atomic E-state index is 0.0630. The second-order valence-electron chi connectivity index (χ2n) is 6.13. The molecule has 1 saturated carbocycles. The number of halogens is 1. The lowest BCUT2D eigenvalue weighted by atomic mass is 10.0. The third kappa shape index (κ3) is 1.96. The molecule has 0 atom stereocenters. The van der Waals surface area contributed by atoms with Crippen molar-refractivity contribution < 1.29 is 4.79 Å². The van der Waals surface area contributed by atoms with Gasteiger partial charge in [0.15, 0.2) is 0 Å². The van der Waals surface area contributed by atoms with E-state index in [2.05, 4.69) is 53.9 Å². The number of pyridine rings is 1. The monoisotopic (exact) mass is 310 g/mol. The molecule has 0 bridgehead atoms. The standard InChI is InChI=1S/C14H19BrN2O/c1-8-9(6-7-10(15)16-8)17-12(18)11-13(2,3)14(11,4)5/h6-7,11H,1-5H3,(H,17,18). The Kier molecular flexibility index (Phi) is 3.05. The summed E-state index contributed by atoms with van der Waals surface area (Å²) in [6, 6.07) is 3.72. The Morgan fingerprint density at radius 1 is 1.28 bits per heavy atom. The maximum Gasteiger partial charge on any atom is 0.228 e. The molecule has 1 aromatic rings. The molecule has 0 aliphatic heterocycles. The van der Waals surface area contributed by atoms with Crippen molar-refractivity contribution in [3.05, 3.63) is 22.4 Å². The summed E-state index contributed by atoms with van der Waals surface area (Å²) in [7, 11) is 0. The largest absolute Gasteiger partial charge is 0.324 e. The van der Waals surface area contributed by atoms with E-state index in [4.69, 9.17) is 0 Å². The number of amides is 1. The normalized spacial score (nSPS) is 20.6. The zero-order valence-corrected chi connectivity index (χ0v) is 13.1. The van der Waals surface area contributed by atoms with Gasteiger partial charge in [-0.2, -0.15) is 0 Å². The fourth-order valence-electron chi connectivity index (χ4n) is 2.72. The summed E-state index contributed by atoms with van der Waals surface area (Å²) in [5.41, 5.74) is 1.75. The van der Waals surface area contributed by atoms with Crippen LogP contribution >= 0.6 is 15.9 Å². The van der Waals surface area contributed by atoms with E-state index in [1.807, 2.05) is 19.1 Å². The molecule has 1 fully saturated rings. The molecule has 1 amide bonds. The number of hydrogen-bond acceptors (Lipinski definition) is 2. The van der Waals surface area contributed by atoms with E-state index in [1.54, 1.807) is 0 Å². The van der Waals surface area contributed by atoms with Crippen LogP contribution in [0.25, 0.3) is 0 Å². The number of aryl methyl sites for hydroxylation is 1. The number of hydrogen-bond donors (Lipinski definition) is 1. The van der Waals surface area contributed by atoms with Crippen LogP contribution in [-0.2, 0) is 4.79 Å². The van der Waals surface area contributed by atoms with Crippen LogP contribution in [0.15, 0.2) is 16.7 Å². The lowest BCUT2D eigenvalue weighted by Gasteiger charge is -2.09. The SMILES string of the molecule is Cc1nc(Br)ccc1NC(=O)C1C(C)(C)C1(C)C. The summed E-state index contributed by atoms with van der Waals surface area (Å²) < 4.78 is 0.782. The van der Waals surface area contributed by atoms with Gasteiger partial charge in [0.2, 0.25) is 5.91 Å². The highest BCUT2D eigenvalue weighted by Gasteiger charge is 2.68. The molecule has 1 N–H and O–H groups in total. The maximum absolute atomic E-state index is 12.3. The number of rotatable bonds is 2. The van der Waals surface area contributed by atoms with Crippen molar-refractivity contribution in [2.75, 3.05) is 5.32 Å². The van der Waals surface area contributed by atoms with Gasteiger partial charge >= 0.3 is 0 Å². The summed E-state index contributed by atoms with van der Waals surface area (Å²) in [6.45, 7) is 10.5. The van der Waals surface area contributed by atoms with Gasteiger partial charge in [0, 0.05) is 5.92 Å². The molecule has 0 radical (unpaired) electrons. The first-order chi connectivity index (χ1) is 8.18. The zero-order valence-electron chi connectivity index (χ0n) is 11.5. The van der Waals surface area contributed by atoms with Crippen LogP contribution in [0.3, 0.4) is 0 Å². The van der Waals surface area contributed by atoms with Gasteiger partial charge in [-0.1, -0.05) is 27.7 Å². The summed E-state index contributed by atoms with van der Waals surface area (Å²) in [4.78, 5) is 16.6.